The average molecular weight is 280 g/mol. The van der Waals surface area contributed by atoms with E-state index in [-0.39, 0.29) is 0 Å². The predicted octanol–water partition coefficient (Wildman–Crippen LogP) is 3.10. The molecule has 116 valence electrons. The lowest BCUT2D eigenvalue weighted by Gasteiger charge is -2.23. The monoisotopic (exact) mass is 280 g/mol. The quantitative estimate of drug-likeness (QED) is 0.717. The number of hydrogen-bond donors (Lipinski definition) is 2. The van der Waals surface area contributed by atoms with Gasteiger partial charge in [0.15, 0.2) is 0 Å². The van der Waals surface area contributed by atoms with Gasteiger partial charge in [0, 0.05) is 12.5 Å². The Labute approximate surface area is 124 Å². The fourth-order valence-electron chi connectivity index (χ4n) is 3.81. The van der Waals surface area contributed by atoms with E-state index >= 15 is 0 Å². The molecule has 20 heavy (non-hydrogen) atoms. The van der Waals surface area contributed by atoms with Crippen molar-refractivity contribution in [1.82, 2.24) is 10.6 Å². The van der Waals surface area contributed by atoms with E-state index in [1.807, 2.05) is 0 Å². The van der Waals surface area contributed by atoms with E-state index < -0.39 is 0 Å². The summed E-state index contributed by atoms with van der Waals surface area (Å²) >= 11 is 0. The Balaban J connectivity index is 1.71. The topological polar surface area (TPSA) is 41.1 Å². The lowest BCUT2D eigenvalue weighted by molar-refractivity contribution is -0.123. The van der Waals surface area contributed by atoms with Crippen LogP contribution in [-0.2, 0) is 4.79 Å². The molecule has 1 aliphatic heterocycles. The minimum Gasteiger partial charge on any atom is -0.356 e. The van der Waals surface area contributed by atoms with Crippen LogP contribution in [-0.4, -0.2) is 25.5 Å². The van der Waals surface area contributed by atoms with Crippen molar-refractivity contribution >= 4 is 5.91 Å². The predicted molar refractivity (Wildman–Crippen MR) is 83.6 cm³/mol. The van der Waals surface area contributed by atoms with E-state index in [4.69, 9.17) is 0 Å². The zero-order valence-electron chi connectivity index (χ0n) is 13.3. The molecule has 2 atom stereocenters. The highest BCUT2D eigenvalue weighted by Gasteiger charge is 2.57. The first kappa shape index (κ1) is 15.8. The van der Waals surface area contributed by atoms with Crippen molar-refractivity contribution in [3.8, 4) is 0 Å². The molecule has 2 aliphatic rings. The van der Waals surface area contributed by atoms with Crippen LogP contribution in [0.3, 0.4) is 0 Å². The smallest absolute Gasteiger partial charge is 0.223 e. The summed E-state index contributed by atoms with van der Waals surface area (Å²) in [6.45, 7) is 7.58. The fraction of sp³-hybridized carbons (Fsp3) is 0.941. The molecule has 2 unspecified atom stereocenters. The lowest BCUT2D eigenvalue weighted by Crippen LogP contribution is -2.35. The Bertz CT molecular complexity index is 310. The van der Waals surface area contributed by atoms with Crippen LogP contribution >= 0.6 is 0 Å². The van der Waals surface area contributed by atoms with Crippen LogP contribution in [0, 0.1) is 17.3 Å². The highest BCUT2D eigenvalue weighted by molar-refractivity contribution is 5.82. The van der Waals surface area contributed by atoms with E-state index in [0.717, 1.165) is 26.1 Å². The molecule has 0 aromatic heterocycles. The second kappa shape index (κ2) is 7.44. The Hall–Kier alpha value is -0.570. The van der Waals surface area contributed by atoms with Gasteiger partial charge in [-0.05, 0) is 56.5 Å². The molecule has 3 heteroatoms. The van der Waals surface area contributed by atoms with Gasteiger partial charge in [0.25, 0.3) is 0 Å². The molecule has 1 amide bonds. The molecule has 1 spiro atoms. The van der Waals surface area contributed by atoms with Gasteiger partial charge < -0.3 is 10.6 Å². The molecular formula is C17H32N2O. The second-order valence-electron chi connectivity index (χ2n) is 6.91. The minimum atomic E-state index is 0.318. The molecular weight excluding hydrogens is 248 g/mol. The van der Waals surface area contributed by atoms with Gasteiger partial charge in [0.1, 0.15) is 0 Å². The average Bonchev–Trinajstić information content (AvgIpc) is 3.16. The van der Waals surface area contributed by atoms with Gasteiger partial charge in [-0.3, -0.25) is 4.79 Å². The van der Waals surface area contributed by atoms with Gasteiger partial charge in [0.05, 0.1) is 0 Å². The fourth-order valence-corrected chi connectivity index (χ4v) is 3.81. The summed E-state index contributed by atoms with van der Waals surface area (Å²) in [5.41, 5.74) is 0.374. The molecule has 1 aliphatic carbocycles. The van der Waals surface area contributed by atoms with Gasteiger partial charge in [-0.15, -0.1) is 0 Å². The summed E-state index contributed by atoms with van der Waals surface area (Å²) < 4.78 is 0. The molecule has 1 heterocycles. The van der Waals surface area contributed by atoms with Crippen molar-refractivity contribution in [2.24, 2.45) is 17.3 Å². The van der Waals surface area contributed by atoms with Crippen LogP contribution in [0.2, 0.25) is 0 Å². The van der Waals surface area contributed by atoms with Crippen LogP contribution in [0.5, 0.6) is 0 Å². The summed E-state index contributed by atoms with van der Waals surface area (Å²) in [6.07, 6.45) is 9.81. The zero-order chi connectivity index (χ0) is 14.4. The third kappa shape index (κ3) is 3.97. The van der Waals surface area contributed by atoms with Gasteiger partial charge in [-0.25, -0.2) is 0 Å². The first-order chi connectivity index (χ1) is 9.72. The van der Waals surface area contributed by atoms with Crippen molar-refractivity contribution in [3.05, 3.63) is 0 Å². The summed E-state index contributed by atoms with van der Waals surface area (Å²) in [6, 6.07) is 0. The minimum absolute atomic E-state index is 0.318. The Morgan fingerprint density at radius 2 is 2.00 bits per heavy atom. The molecule has 2 N–H and O–H groups in total. The van der Waals surface area contributed by atoms with Crippen molar-refractivity contribution in [3.63, 3.8) is 0 Å². The molecule has 1 saturated heterocycles. The van der Waals surface area contributed by atoms with E-state index in [2.05, 4.69) is 24.5 Å². The third-order valence-electron chi connectivity index (χ3n) is 5.33. The van der Waals surface area contributed by atoms with Crippen LogP contribution in [0.4, 0.5) is 0 Å². The van der Waals surface area contributed by atoms with Crippen LogP contribution in [0.15, 0.2) is 0 Å². The number of hydrogen-bond acceptors (Lipinski definition) is 2. The molecule has 0 aromatic carbocycles. The Morgan fingerprint density at radius 1 is 1.25 bits per heavy atom. The lowest BCUT2D eigenvalue weighted by atomic mass is 9.91. The largest absolute Gasteiger partial charge is 0.356 e. The number of carbonyl (C=O) groups is 1. The standard InChI is InChI=1S/C17H32N2O/c1-3-5-7-14(6-4-2)13-19-16(20)15-12-17(15)8-10-18-11-9-17/h14-15,18H,3-13H2,1-2H3,(H,19,20). The van der Waals surface area contributed by atoms with Gasteiger partial charge in [0.2, 0.25) is 5.91 Å². The molecule has 3 nitrogen and oxygen atoms in total. The molecule has 0 bridgehead atoms. The van der Waals surface area contributed by atoms with Crippen LogP contribution in [0.25, 0.3) is 0 Å². The summed E-state index contributed by atoms with van der Waals surface area (Å²) in [5.74, 6) is 1.34. The molecule has 2 rings (SSSR count). The highest BCUT2D eigenvalue weighted by atomic mass is 16.2. The van der Waals surface area contributed by atoms with E-state index in [1.165, 1.54) is 44.9 Å². The van der Waals surface area contributed by atoms with Crippen molar-refractivity contribution < 1.29 is 4.79 Å². The first-order valence-corrected chi connectivity index (χ1v) is 8.70. The third-order valence-corrected chi connectivity index (χ3v) is 5.33. The molecule has 1 saturated carbocycles. The zero-order valence-corrected chi connectivity index (χ0v) is 13.3. The summed E-state index contributed by atoms with van der Waals surface area (Å²) in [4.78, 5) is 12.3. The van der Waals surface area contributed by atoms with Crippen molar-refractivity contribution in [2.75, 3.05) is 19.6 Å². The number of piperidine rings is 1. The SMILES string of the molecule is CCCCC(CCC)CNC(=O)C1CC12CCNCC2. The number of amides is 1. The van der Waals surface area contributed by atoms with Crippen molar-refractivity contribution in [2.45, 2.75) is 65.2 Å². The molecule has 0 aromatic rings. The molecule has 0 radical (unpaired) electrons. The number of rotatable bonds is 8. The van der Waals surface area contributed by atoms with E-state index in [9.17, 15) is 4.79 Å². The maximum atomic E-state index is 12.3. The number of nitrogens with one attached hydrogen (secondary N) is 2. The van der Waals surface area contributed by atoms with E-state index in [0.29, 0.717) is 23.2 Å². The van der Waals surface area contributed by atoms with Crippen LogP contribution < -0.4 is 10.6 Å². The molecule has 2 fully saturated rings. The van der Waals surface area contributed by atoms with Gasteiger partial charge >= 0.3 is 0 Å². The summed E-state index contributed by atoms with van der Waals surface area (Å²) in [7, 11) is 0. The summed E-state index contributed by atoms with van der Waals surface area (Å²) in [5, 5.41) is 6.65. The van der Waals surface area contributed by atoms with Crippen molar-refractivity contribution in [1.29, 1.82) is 0 Å². The Kier molecular flexibility index (Phi) is 5.88. The Morgan fingerprint density at radius 3 is 2.65 bits per heavy atom. The first-order valence-electron chi connectivity index (χ1n) is 8.70. The highest BCUT2D eigenvalue weighted by Crippen LogP contribution is 2.58. The van der Waals surface area contributed by atoms with Gasteiger partial charge in [-0.1, -0.05) is 33.1 Å². The normalized spacial score (nSPS) is 25.4. The van der Waals surface area contributed by atoms with Gasteiger partial charge in [-0.2, -0.15) is 0 Å². The maximum Gasteiger partial charge on any atom is 0.223 e. The maximum absolute atomic E-state index is 12.3. The number of carbonyl (C=O) groups excluding carboxylic acids is 1. The number of unbranched alkanes of at least 4 members (excludes halogenated alkanes) is 1. The second-order valence-corrected chi connectivity index (χ2v) is 6.91. The van der Waals surface area contributed by atoms with E-state index in [1.54, 1.807) is 0 Å². The van der Waals surface area contributed by atoms with Crippen LogP contribution in [0.1, 0.15) is 65.2 Å².